The minimum atomic E-state index is 0.624. The van der Waals surface area contributed by atoms with E-state index in [0.29, 0.717) is 17.5 Å². The van der Waals surface area contributed by atoms with Crippen LogP contribution in [0.3, 0.4) is 0 Å². The highest BCUT2D eigenvalue weighted by molar-refractivity contribution is 5.84. The zero-order valence-corrected chi connectivity index (χ0v) is 29.2. The van der Waals surface area contributed by atoms with Gasteiger partial charge in [0, 0.05) is 34.6 Å². The molecule has 0 radical (unpaired) electrons. The normalized spacial score (nSPS) is 11.0. The van der Waals surface area contributed by atoms with Crippen LogP contribution in [-0.2, 0) is 0 Å². The summed E-state index contributed by atoms with van der Waals surface area (Å²) in [5.74, 6) is 1.90. The SMILES string of the molecule is c1ccc(-c2cc(-c3ccccn3)nc(-c3ccc(-c4ccccc4-c4ccc(-c5nc(-c6ccccc6)nc(-c6ccccc6)n5)cc4)cn3)c2)cc1. The summed E-state index contributed by atoms with van der Waals surface area (Å²) >= 11 is 0. The first-order valence-electron chi connectivity index (χ1n) is 17.8. The standard InChI is InChI=1S/C48H32N6/c1-4-14-33(15-5-1)39-30-44(42-22-12-13-29-49-42)51-45(31-39)43-28-27-38(32-50-43)41-21-11-10-20-40(41)34-23-25-37(26-24-34)48-53-46(35-16-6-2-7-17-35)52-47(54-48)36-18-8-3-9-19-36/h1-32H. The number of hydrogen-bond donors (Lipinski definition) is 0. The molecule has 0 saturated carbocycles. The van der Waals surface area contributed by atoms with Crippen LogP contribution < -0.4 is 0 Å². The van der Waals surface area contributed by atoms with Crippen molar-refractivity contribution in [2.45, 2.75) is 0 Å². The molecule has 9 rings (SSSR count). The number of aromatic nitrogens is 6. The highest BCUT2D eigenvalue weighted by Gasteiger charge is 2.15. The molecule has 0 aliphatic rings. The maximum atomic E-state index is 5.01. The highest BCUT2D eigenvalue weighted by Crippen LogP contribution is 2.35. The number of benzene rings is 5. The van der Waals surface area contributed by atoms with Crippen molar-refractivity contribution in [3.05, 3.63) is 194 Å². The summed E-state index contributed by atoms with van der Waals surface area (Å²) in [4.78, 5) is 29.2. The Morgan fingerprint density at radius 3 is 1.22 bits per heavy atom. The molecule has 0 spiro atoms. The Morgan fingerprint density at radius 1 is 0.259 bits per heavy atom. The summed E-state index contributed by atoms with van der Waals surface area (Å²) in [6.45, 7) is 0. The van der Waals surface area contributed by atoms with Crippen LogP contribution >= 0.6 is 0 Å². The number of rotatable bonds is 8. The van der Waals surface area contributed by atoms with Crippen LogP contribution in [-0.4, -0.2) is 29.9 Å². The molecule has 9 aromatic rings. The van der Waals surface area contributed by atoms with Crippen molar-refractivity contribution < 1.29 is 0 Å². The Hall–Kier alpha value is -7.44. The van der Waals surface area contributed by atoms with Gasteiger partial charge in [0.1, 0.15) is 0 Å². The van der Waals surface area contributed by atoms with Gasteiger partial charge in [-0.2, -0.15) is 0 Å². The van der Waals surface area contributed by atoms with Gasteiger partial charge < -0.3 is 0 Å². The second-order valence-electron chi connectivity index (χ2n) is 12.8. The van der Waals surface area contributed by atoms with Crippen LogP contribution in [0.4, 0.5) is 0 Å². The third kappa shape index (κ3) is 6.79. The Labute approximate surface area is 313 Å². The zero-order valence-electron chi connectivity index (χ0n) is 29.2. The third-order valence-electron chi connectivity index (χ3n) is 9.28. The smallest absolute Gasteiger partial charge is 0.164 e. The van der Waals surface area contributed by atoms with Crippen molar-refractivity contribution in [2.75, 3.05) is 0 Å². The van der Waals surface area contributed by atoms with Gasteiger partial charge in [-0.3, -0.25) is 9.97 Å². The molecule has 0 saturated heterocycles. The Balaban J connectivity index is 1.04. The fourth-order valence-electron chi connectivity index (χ4n) is 6.53. The average molecular weight is 693 g/mol. The van der Waals surface area contributed by atoms with E-state index in [1.165, 1.54) is 0 Å². The summed E-state index contributed by atoms with van der Waals surface area (Å²) in [5.41, 5.74) is 12.4. The number of hydrogen-bond acceptors (Lipinski definition) is 6. The van der Waals surface area contributed by atoms with E-state index in [0.717, 1.165) is 72.8 Å². The first-order valence-corrected chi connectivity index (χ1v) is 17.8. The summed E-state index contributed by atoms with van der Waals surface area (Å²) in [6.07, 6.45) is 3.72. The summed E-state index contributed by atoms with van der Waals surface area (Å²) in [6, 6.07) is 61.4. The maximum Gasteiger partial charge on any atom is 0.164 e. The lowest BCUT2D eigenvalue weighted by Crippen LogP contribution is -2.00. The molecule has 4 heterocycles. The molecule has 0 fully saturated rings. The molecule has 5 aromatic carbocycles. The van der Waals surface area contributed by atoms with Gasteiger partial charge in [0.05, 0.1) is 22.8 Å². The van der Waals surface area contributed by atoms with Crippen molar-refractivity contribution in [3.8, 4) is 90.3 Å². The Morgan fingerprint density at radius 2 is 0.704 bits per heavy atom. The van der Waals surface area contributed by atoms with E-state index in [1.807, 2.05) is 109 Å². The van der Waals surface area contributed by atoms with Gasteiger partial charge in [-0.25, -0.2) is 19.9 Å². The molecule has 0 bridgehead atoms. The van der Waals surface area contributed by atoms with Gasteiger partial charge in [0.15, 0.2) is 17.5 Å². The number of pyridine rings is 3. The van der Waals surface area contributed by atoms with Crippen LogP contribution in [0.25, 0.3) is 90.3 Å². The lowest BCUT2D eigenvalue weighted by atomic mass is 9.94. The first kappa shape index (κ1) is 32.5. The number of nitrogens with zero attached hydrogens (tertiary/aromatic N) is 6. The third-order valence-corrected chi connectivity index (χ3v) is 9.28. The molecule has 4 aromatic heterocycles. The first-order chi connectivity index (χ1) is 26.7. The lowest BCUT2D eigenvalue weighted by molar-refractivity contribution is 1.07. The maximum absolute atomic E-state index is 5.01. The molecule has 0 aliphatic heterocycles. The fourth-order valence-corrected chi connectivity index (χ4v) is 6.53. The fraction of sp³-hybridized carbons (Fsp3) is 0. The predicted molar refractivity (Wildman–Crippen MR) is 217 cm³/mol. The van der Waals surface area contributed by atoms with Gasteiger partial charge in [0.25, 0.3) is 0 Å². The van der Waals surface area contributed by atoms with Gasteiger partial charge in [-0.15, -0.1) is 0 Å². The van der Waals surface area contributed by atoms with Crippen LogP contribution in [0, 0.1) is 0 Å². The second-order valence-corrected chi connectivity index (χ2v) is 12.8. The van der Waals surface area contributed by atoms with Gasteiger partial charge >= 0.3 is 0 Å². The summed E-state index contributed by atoms with van der Waals surface area (Å²) in [5, 5.41) is 0. The molecular formula is C48H32N6. The minimum absolute atomic E-state index is 0.624. The van der Waals surface area contributed by atoms with E-state index in [2.05, 4.69) is 83.8 Å². The molecule has 254 valence electrons. The van der Waals surface area contributed by atoms with E-state index in [-0.39, 0.29) is 0 Å². The highest BCUT2D eigenvalue weighted by atomic mass is 15.0. The molecular weight excluding hydrogens is 661 g/mol. The molecule has 0 atom stereocenters. The van der Waals surface area contributed by atoms with Gasteiger partial charge in [-0.1, -0.05) is 152 Å². The predicted octanol–water partition coefficient (Wildman–Crippen LogP) is 11.4. The van der Waals surface area contributed by atoms with Crippen molar-refractivity contribution in [3.63, 3.8) is 0 Å². The van der Waals surface area contributed by atoms with E-state index >= 15 is 0 Å². The second kappa shape index (κ2) is 14.7. The average Bonchev–Trinajstić information content (AvgIpc) is 3.27. The van der Waals surface area contributed by atoms with E-state index < -0.39 is 0 Å². The van der Waals surface area contributed by atoms with Gasteiger partial charge in [-0.05, 0) is 58.1 Å². The van der Waals surface area contributed by atoms with Crippen LogP contribution in [0.1, 0.15) is 0 Å². The molecule has 0 aliphatic carbocycles. The molecule has 0 unspecified atom stereocenters. The van der Waals surface area contributed by atoms with E-state index in [9.17, 15) is 0 Å². The molecule has 0 amide bonds. The van der Waals surface area contributed by atoms with Crippen molar-refractivity contribution in [1.29, 1.82) is 0 Å². The molecule has 6 heteroatoms. The van der Waals surface area contributed by atoms with Crippen molar-refractivity contribution in [2.24, 2.45) is 0 Å². The summed E-state index contributed by atoms with van der Waals surface area (Å²) in [7, 11) is 0. The topological polar surface area (TPSA) is 77.3 Å². The van der Waals surface area contributed by atoms with Crippen molar-refractivity contribution >= 4 is 0 Å². The zero-order chi connectivity index (χ0) is 36.1. The monoisotopic (exact) mass is 692 g/mol. The van der Waals surface area contributed by atoms with Crippen LogP contribution in [0.2, 0.25) is 0 Å². The van der Waals surface area contributed by atoms with E-state index in [4.69, 9.17) is 24.9 Å². The van der Waals surface area contributed by atoms with Crippen molar-refractivity contribution in [1.82, 2.24) is 29.9 Å². The molecule has 54 heavy (non-hydrogen) atoms. The van der Waals surface area contributed by atoms with Crippen LogP contribution in [0.5, 0.6) is 0 Å². The lowest BCUT2D eigenvalue weighted by Gasteiger charge is -2.12. The summed E-state index contributed by atoms with van der Waals surface area (Å²) < 4.78 is 0. The Bertz CT molecular complexity index is 2360. The van der Waals surface area contributed by atoms with Crippen LogP contribution in [0.15, 0.2) is 194 Å². The quantitative estimate of drug-likeness (QED) is 0.158. The Kier molecular flexibility index (Phi) is 8.81. The largest absolute Gasteiger partial charge is 0.255 e. The minimum Gasteiger partial charge on any atom is -0.255 e. The molecule has 6 nitrogen and oxygen atoms in total. The molecule has 0 N–H and O–H groups in total. The van der Waals surface area contributed by atoms with Gasteiger partial charge in [0.2, 0.25) is 0 Å². The van der Waals surface area contributed by atoms with E-state index in [1.54, 1.807) is 6.20 Å².